The highest BCUT2D eigenvalue weighted by Gasteiger charge is 2.14. The Morgan fingerprint density at radius 3 is 2.25 bits per heavy atom. The number of methoxy groups -OCH3 is 2. The lowest BCUT2D eigenvalue weighted by molar-refractivity contribution is -0.120. The van der Waals surface area contributed by atoms with Crippen LogP contribution in [-0.2, 0) is 4.79 Å². The third-order valence-electron chi connectivity index (χ3n) is 4.71. The molecule has 9 nitrogen and oxygen atoms in total. The number of amides is 2. The number of halogens is 2. The Kier molecular flexibility index (Phi) is 9.26. The molecule has 0 aliphatic heterocycles. The molecule has 0 aromatic heterocycles. The fourth-order valence-corrected chi connectivity index (χ4v) is 3.15. The summed E-state index contributed by atoms with van der Waals surface area (Å²) in [5.74, 6) is -0.508. The van der Waals surface area contributed by atoms with Gasteiger partial charge in [-0.15, -0.1) is 0 Å². The van der Waals surface area contributed by atoms with Gasteiger partial charge in [0.05, 0.1) is 42.6 Å². The summed E-state index contributed by atoms with van der Waals surface area (Å²) in [6.45, 7) is -0.269. The monoisotopic (exact) mass is 529 g/mol. The largest absolute Gasteiger partial charge is 0.497 e. The summed E-state index contributed by atoms with van der Waals surface area (Å²) in [4.78, 5) is 36.5. The number of hydrogen-bond donors (Lipinski definition) is 2. The second kappa shape index (κ2) is 12.6. The molecule has 2 N–H and O–H groups in total. The molecular formula is C25H21Cl2N3O6. The van der Waals surface area contributed by atoms with Crippen molar-refractivity contribution in [1.29, 1.82) is 0 Å². The van der Waals surface area contributed by atoms with Gasteiger partial charge in [-0.05, 0) is 66.2 Å². The zero-order valence-corrected chi connectivity index (χ0v) is 20.7. The number of carbonyl (C=O) groups is 3. The highest BCUT2D eigenvalue weighted by atomic mass is 35.5. The molecule has 186 valence electrons. The smallest absolute Gasteiger partial charge is 0.343 e. The molecule has 0 spiro atoms. The Bertz CT molecular complexity index is 1300. The fraction of sp³-hybridized carbons (Fsp3) is 0.120. The summed E-state index contributed by atoms with van der Waals surface area (Å²) in [6.07, 6.45) is 1.37. The first-order chi connectivity index (χ1) is 17.3. The molecule has 0 saturated heterocycles. The summed E-state index contributed by atoms with van der Waals surface area (Å²) in [5.41, 5.74) is 3.49. The maximum Gasteiger partial charge on any atom is 0.343 e. The fourth-order valence-electron chi connectivity index (χ4n) is 2.85. The average molecular weight is 530 g/mol. The number of hydrogen-bond acceptors (Lipinski definition) is 7. The quantitative estimate of drug-likeness (QED) is 0.186. The van der Waals surface area contributed by atoms with E-state index in [0.29, 0.717) is 21.9 Å². The second-order valence-corrected chi connectivity index (χ2v) is 7.95. The Balaban J connectivity index is 1.54. The minimum Gasteiger partial charge on any atom is -0.497 e. The molecule has 0 aliphatic carbocycles. The summed E-state index contributed by atoms with van der Waals surface area (Å²) < 4.78 is 15.7. The number of nitrogens with zero attached hydrogens (tertiary/aromatic N) is 1. The molecule has 0 radical (unpaired) electrons. The molecule has 0 aliphatic rings. The van der Waals surface area contributed by atoms with Crippen LogP contribution in [0, 0.1) is 0 Å². The number of carbonyl (C=O) groups excluding carboxylic acids is 3. The third-order valence-corrected chi connectivity index (χ3v) is 5.45. The van der Waals surface area contributed by atoms with Gasteiger partial charge in [0.15, 0.2) is 11.5 Å². The van der Waals surface area contributed by atoms with Crippen LogP contribution < -0.4 is 25.0 Å². The Labute approximate surface area is 216 Å². The number of hydrazone groups is 1. The normalized spacial score (nSPS) is 10.6. The standard InChI is InChI=1S/C25H21Cl2N3O6/c1-34-18-7-4-16(5-8-18)24(32)28-14-23(31)30-29-13-15-3-10-21(22(11-15)35-2)36-25(33)17-6-9-19(26)20(27)12-17/h3-13H,14H2,1-2H3,(H,28,32)(H,30,31). The van der Waals surface area contributed by atoms with Crippen molar-refractivity contribution in [3.8, 4) is 17.2 Å². The predicted octanol–water partition coefficient (Wildman–Crippen LogP) is 4.11. The van der Waals surface area contributed by atoms with Crippen molar-refractivity contribution in [2.24, 2.45) is 5.10 Å². The molecule has 0 unspecified atom stereocenters. The minimum absolute atomic E-state index is 0.177. The van der Waals surface area contributed by atoms with Gasteiger partial charge in [0, 0.05) is 5.56 Å². The molecule has 11 heteroatoms. The number of esters is 1. The van der Waals surface area contributed by atoms with E-state index >= 15 is 0 Å². The molecule has 36 heavy (non-hydrogen) atoms. The van der Waals surface area contributed by atoms with Crippen LogP contribution in [-0.4, -0.2) is 44.8 Å². The maximum atomic E-state index is 12.4. The van der Waals surface area contributed by atoms with Crippen molar-refractivity contribution < 1.29 is 28.6 Å². The van der Waals surface area contributed by atoms with Crippen LogP contribution in [0.3, 0.4) is 0 Å². The van der Waals surface area contributed by atoms with E-state index < -0.39 is 17.8 Å². The molecule has 0 heterocycles. The lowest BCUT2D eigenvalue weighted by Gasteiger charge is -2.10. The molecule has 3 aromatic carbocycles. The summed E-state index contributed by atoms with van der Waals surface area (Å²) in [7, 11) is 2.94. The first-order valence-electron chi connectivity index (χ1n) is 10.4. The number of benzene rings is 3. The molecule has 3 rings (SSSR count). The van der Waals surface area contributed by atoms with Gasteiger partial charge in [-0.3, -0.25) is 9.59 Å². The van der Waals surface area contributed by atoms with Crippen LogP contribution >= 0.6 is 23.2 Å². The third kappa shape index (κ3) is 7.21. The van der Waals surface area contributed by atoms with E-state index in [9.17, 15) is 14.4 Å². The number of ether oxygens (including phenoxy) is 3. The Morgan fingerprint density at radius 1 is 0.861 bits per heavy atom. The van der Waals surface area contributed by atoms with E-state index in [4.69, 9.17) is 37.4 Å². The molecule has 0 fully saturated rings. The van der Waals surface area contributed by atoms with Gasteiger partial charge in [-0.2, -0.15) is 5.10 Å². The van der Waals surface area contributed by atoms with Gasteiger partial charge in [0.1, 0.15) is 5.75 Å². The van der Waals surface area contributed by atoms with Gasteiger partial charge in [0.2, 0.25) is 0 Å². The highest BCUT2D eigenvalue weighted by Crippen LogP contribution is 2.29. The van der Waals surface area contributed by atoms with Crippen LogP contribution in [0.15, 0.2) is 65.8 Å². The number of rotatable bonds is 9. The maximum absolute atomic E-state index is 12.4. The Morgan fingerprint density at radius 2 is 1.58 bits per heavy atom. The van der Waals surface area contributed by atoms with Crippen molar-refractivity contribution in [3.63, 3.8) is 0 Å². The van der Waals surface area contributed by atoms with Gasteiger partial charge >= 0.3 is 5.97 Å². The zero-order valence-electron chi connectivity index (χ0n) is 19.2. The molecular weight excluding hydrogens is 509 g/mol. The van der Waals surface area contributed by atoms with Gasteiger partial charge in [0.25, 0.3) is 11.8 Å². The lowest BCUT2D eigenvalue weighted by atomic mass is 10.2. The van der Waals surface area contributed by atoms with Crippen molar-refractivity contribution in [3.05, 3.63) is 87.4 Å². The van der Waals surface area contributed by atoms with E-state index in [1.807, 2.05) is 0 Å². The van der Waals surface area contributed by atoms with E-state index in [1.54, 1.807) is 36.4 Å². The topological polar surface area (TPSA) is 115 Å². The van der Waals surface area contributed by atoms with Crippen LogP contribution in [0.2, 0.25) is 10.0 Å². The summed E-state index contributed by atoms with van der Waals surface area (Å²) in [6, 6.07) is 15.6. The first-order valence-corrected chi connectivity index (χ1v) is 11.2. The van der Waals surface area contributed by atoms with Gasteiger partial charge < -0.3 is 19.5 Å². The van der Waals surface area contributed by atoms with Gasteiger partial charge in [-0.1, -0.05) is 23.2 Å². The van der Waals surface area contributed by atoms with E-state index in [2.05, 4.69) is 15.8 Å². The second-order valence-electron chi connectivity index (χ2n) is 7.13. The lowest BCUT2D eigenvalue weighted by Crippen LogP contribution is -2.34. The van der Waals surface area contributed by atoms with Gasteiger partial charge in [-0.25, -0.2) is 10.2 Å². The SMILES string of the molecule is COc1ccc(C(=O)NCC(=O)NN=Cc2ccc(OC(=O)c3ccc(Cl)c(Cl)c3)c(OC)c2)cc1. The molecule has 0 bridgehead atoms. The predicted molar refractivity (Wildman–Crippen MR) is 135 cm³/mol. The van der Waals surface area contributed by atoms with Crippen LogP contribution in [0.5, 0.6) is 17.2 Å². The van der Waals surface area contributed by atoms with E-state index in [-0.39, 0.29) is 28.6 Å². The summed E-state index contributed by atoms with van der Waals surface area (Å²) >= 11 is 11.8. The molecule has 0 atom stereocenters. The molecule has 0 saturated carbocycles. The molecule has 2 amide bonds. The van der Waals surface area contributed by atoms with Crippen LogP contribution in [0.1, 0.15) is 26.3 Å². The average Bonchev–Trinajstić information content (AvgIpc) is 2.89. The van der Waals surface area contributed by atoms with Crippen LogP contribution in [0.4, 0.5) is 0 Å². The number of nitrogens with one attached hydrogen (secondary N) is 2. The minimum atomic E-state index is -0.641. The highest BCUT2D eigenvalue weighted by molar-refractivity contribution is 6.42. The van der Waals surface area contributed by atoms with Crippen molar-refractivity contribution in [2.45, 2.75) is 0 Å². The summed E-state index contributed by atoms with van der Waals surface area (Å²) in [5, 5.41) is 6.91. The Hall–Kier alpha value is -4.08. The molecule has 3 aromatic rings. The van der Waals surface area contributed by atoms with E-state index in [0.717, 1.165) is 0 Å². The first kappa shape index (κ1) is 26.5. The van der Waals surface area contributed by atoms with Crippen molar-refractivity contribution >= 4 is 47.2 Å². The van der Waals surface area contributed by atoms with Crippen LogP contribution in [0.25, 0.3) is 0 Å². The van der Waals surface area contributed by atoms with Crippen molar-refractivity contribution in [1.82, 2.24) is 10.7 Å². The van der Waals surface area contributed by atoms with E-state index in [1.165, 1.54) is 44.7 Å². The zero-order chi connectivity index (χ0) is 26.1. The van der Waals surface area contributed by atoms with Crippen molar-refractivity contribution in [2.75, 3.05) is 20.8 Å².